The smallest absolute Gasteiger partial charge is 0.0721 e. The lowest BCUT2D eigenvalue weighted by Crippen LogP contribution is -2.12. The minimum atomic E-state index is 0.527. The number of hydrogen-bond acceptors (Lipinski definition) is 3. The summed E-state index contributed by atoms with van der Waals surface area (Å²) < 4.78 is 5.45. The van der Waals surface area contributed by atoms with Crippen LogP contribution in [0.4, 0.5) is 11.4 Å². The van der Waals surface area contributed by atoms with Crippen LogP contribution in [0.25, 0.3) is 0 Å². The van der Waals surface area contributed by atoms with E-state index in [-0.39, 0.29) is 0 Å². The summed E-state index contributed by atoms with van der Waals surface area (Å²) in [7, 11) is 0. The molecule has 0 unspecified atom stereocenters. The molecule has 1 aromatic carbocycles. The number of nitrogens with two attached hydrogens (primary N) is 1. The Labute approximate surface area is 112 Å². The second-order valence-electron chi connectivity index (χ2n) is 4.26. The van der Waals surface area contributed by atoms with Crippen LogP contribution in [0.1, 0.15) is 13.8 Å². The molecule has 0 amide bonds. The van der Waals surface area contributed by atoms with Gasteiger partial charge >= 0.3 is 0 Å². The van der Waals surface area contributed by atoms with Crippen molar-refractivity contribution in [3.8, 4) is 0 Å². The fourth-order valence-corrected chi connectivity index (χ4v) is 1.97. The van der Waals surface area contributed by atoms with Gasteiger partial charge in [-0.3, -0.25) is 0 Å². The molecule has 96 valence electrons. The van der Waals surface area contributed by atoms with Crippen molar-refractivity contribution in [2.24, 2.45) is 5.92 Å². The van der Waals surface area contributed by atoms with Gasteiger partial charge < -0.3 is 15.8 Å². The fraction of sp³-hybridized carbons (Fsp3) is 0.500. The van der Waals surface area contributed by atoms with E-state index < -0.39 is 0 Å². The van der Waals surface area contributed by atoms with Crippen molar-refractivity contribution in [2.75, 3.05) is 30.8 Å². The lowest BCUT2D eigenvalue weighted by Gasteiger charge is -2.12. The zero-order valence-corrected chi connectivity index (χ0v) is 11.6. The van der Waals surface area contributed by atoms with Crippen LogP contribution >= 0.6 is 23.2 Å². The van der Waals surface area contributed by atoms with Crippen molar-refractivity contribution in [1.29, 1.82) is 0 Å². The average molecular weight is 277 g/mol. The van der Waals surface area contributed by atoms with Gasteiger partial charge in [0, 0.05) is 18.8 Å². The van der Waals surface area contributed by atoms with Crippen LogP contribution < -0.4 is 11.1 Å². The number of nitrogen functional groups attached to an aromatic ring is 1. The number of nitrogens with one attached hydrogen (secondary N) is 1. The molecule has 0 heterocycles. The molecule has 0 aromatic heterocycles. The molecule has 0 radical (unpaired) electrons. The topological polar surface area (TPSA) is 47.3 Å². The Hall–Kier alpha value is -0.640. The summed E-state index contributed by atoms with van der Waals surface area (Å²) >= 11 is 12.1. The van der Waals surface area contributed by atoms with E-state index in [0.717, 1.165) is 6.61 Å². The molecule has 0 saturated heterocycles. The zero-order valence-electron chi connectivity index (χ0n) is 10.1. The van der Waals surface area contributed by atoms with Crippen LogP contribution in [0.15, 0.2) is 12.1 Å². The molecule has 0 spiro atoms. The third-order valence-corrected chi connectivity index (χ3v) is 2.66. The molecule has 3 nitrogen and oxygen atoms in total. The predicted molar refractivity (Wildman–Crippen MR) is 75.0 cm³/mol. The summed E-state index contributed by atoms with van der Waals surface area (Å²) in [5.74, 6) is 0.540. The molecule has 5 heteroatoms. The highest BCUT2D eigenvalue weighted by Gasteiger charge is 2.06. The number of anilines is 2. The van der Waals surface area contributed by atoms with Crippen molar-refractivity contribution in [3.05, 3.63) is 22.2 Å². The molecule has 1 rings (SSSR count). The number of halogens is 2. The van der Waals surface area contributed by atoms with Crippen molar-refractivity contribution < 1.29 is 4.74 Å². The van der Waals surface area contributed by atoms with E-state index in [2.05, 4.69) is 19.2 Å². The first-order valence-corrected chi connectivity index (χ1v) is 6.32. The first-order chi connectivity index (χ1) is 8.00. The van der Waals surface area contributed by atoms with Crippen LogP contribution in [0.2, 0.25) is 10.0 Å². The van der Waals surface area contributed by atoms with Crippen molar-refractivity contribution in [2.45, 2.75) is 13.8 Å². The fourth-order valence-electron chi connectivity index (χ4n) is 1.33. The molecule has 17 heavy (non-hydrogen) atoms. The molecular weight excluding hydrogens is 259 g/mol. The zero-order chi connectivity index (χ0) is 12.8. The van der Waals surface area contributed by atoms with E-state index in [9.17, 15) is 0 Å². The average Bonchev–Trinajstić information content (AvgIpc) is 2.20. The lowest BCUT2D eigenvalue weighted by molar-refractivity contribution is 0.118. The molecule has 0 fully saturated rings. The second kappa shape index (κ2) is 6.94. The summed E-state index contributed by atoms with van der Waals surface area (Å²) in [6, 6.07) is 3.34. The van der Waals surface area contributed by atoms with E-state index in [4.69, 9.17) is 33.7 Å². The van der Waals surface area contributed by atoms with Gasteiger partial charge in [0.2, 0.25) is 0 Å². The van der Waals surface area contributed by atoms with E-state index in [1.165, 1.54) is 0 Å². The Bertz CT molecular complexity index is 347. The van der Waals surface area contributed by atoms with Crippen LogP contribution in [-0.2, 0) is 4.74 Å². The minimum absolute atomic E-state index is 0.527. The lowest BCUT2D eigenvalue weighted by atomic mass is 10.2. The van der Waals surface area contributed by atoms with Crippen LogP contribution in [-0.4, -0.2) is 19.8 Å². The normalized spacial score (nSPS) is 10.9. The van der Waals surface area contributed by atoms with Gasteiger partial charge in [-0.1, -0.05) is 37.0 Å². The van der Waals surface area contributed by atoms with Crippen molar-refractivity contribution in [3.63, 3.8) is 0 Å². The predicted octanol–water partition coefficient (Wildman–Crippen LogP) is 3.66. The third-order valence-electron chi connectivity index (χ3n) is 2.06. The van der Waals surface area contributed by atoms with Crippen LogP contribution in [0.3, 0.4) is 0 Å². The third kappa shape index (κ3) is 5.02. The molecule has 1 aromatic rings. The van der Waals surface area contributed by atoms with Gasteiger partial charge in [-0.2, -0.15) is 0 Å². The summed E-state index contributed by atoms with van der Waals surface area (Å²) in [5, 5.41) is 4.19. The highest BCUT2D eigenvalue weighted by Crippen LogP contribution is 2.32. The number of rotatable bonds is 6. The monoisotopic (exact) mass is 276 g/mol. The summed E-state index contributed by atoms with van der Waals surface area (Å²) in [6.45, 7) is 6.26. The Morgan fingerprint density at radius 2 is 1.88 bits per heavy atom. The van der Waals surface area contributed by atoms with E-state index >= 15 is 0 Å². The highest BCUT2D eigenvalue weighted by atomic mass is 35.5. The van der Waals surface area contributed by atoms with E-state index in [1.807, 2.05) is 0 Å². The van der Waals surface area contributed by atoms with Crippen LogP contribution in [0.5, 0.6) is 0 Å². The largest absolute Gasteiger partial charge is 0.399 e. The second-order valence-corrected chi connectivity index (χ2v) is 5.07. The Kier molecular flexibility index (Phi) is 5.89. The van der Waals surface area contributed by atoms with E-state index in [1.54, 1.807) is 12.1 Å². The molecule has 0 saturated carbocycles. The molecule has 0 bridgehead atoms. The molecule has 0 atom stereocenters. The maximum absolute atomic E-state index is 6.03. The number of ether oxygens (including phenoxy) is 1. The molecule has 0 aliphatic rings. The molecule has 0 aliphatic carbocycles. The quantitative estimate of drug-likeness (QED) is 0.616. The first kappa shape index (κ1) is 14.4. The Balaban J connectivity index is 2.42. The molecular formula is C12H18Cl2N2O. The van der Waals surface area contributed by atoms with Gasteiger partial charge in [0.05, 0.1) is 22.3 Å². The van der Waals surface area contributed by atoms with Gasteiger partial charge in [0.15, 0.2) is 0 Å². The maximum Gasteiger partial charge on any atom is 0.0721 e. The number of benzene rings is 1. The van der Waals surface area contributed by atoms with Crippen molar-refractivity contribution in [1.82, 2.24) is 0 Å². The maximum atomic E-state index is 6.03. The van der Waals surface area contributed by atoms with Gasteiger partial charge in [0.1, 0.15) is 0 Å². The Morgan fingerprint density at radius 3 is 2.41 bits per heavy atom. The van der Waals surface area contributed by atoms with Gasteiger partial charge in [-0.15, -0.1) is 0 Å². The van der Waals surface area contributed by atoms with Gasteiger partial charge in [0.25, 0.3) is 0 Å². The Morgan fingerprint density at radius 1 is 1.29 bits per heavy atom. The summed E-state index contributed by atoms with van der Waals surface area (Å²) in [5.41, 5.74) is 6.88. The highest BCUT2D eigenvalue weighted by molar-refractivity contribution is 6.39. The number of hydrogen-bond donors (Lipinski definition) is 2. The van der Waals surface area contributed by atoms with E-state index in [0.29, 0.717) is 40.5 Å². The molecule has 3 N–H and O–H groups in total. The standard InChI is InChI=1S/C12H18Cl2N2O/c1-8(2)7-17-4-3-16-12-10(13)5-9(15)6-11(12)14/h5-6,8,16H,3-4,7,15H2,1-2H3. The van der Waals surface area contributed by atoms with Crippen molar-refractivity contribution >= 4 is 34.6 Å². The first-order valence-electron chi connectivity index (χ1n) is 5.57. The van der Waals surface area contributed by atoms with Crippen LogP contribution in [0, 0.1) is 5.92 Å². The summed E-state index contributed by atoms with van der Waals surface area (Å²) in [4.78, 5) is 0. The van der Waals surface area contributed by atoms with Gasteiger partial charge in [-0.05, 0) is 18.1 Å². The molecule has 0 aliphatic heterocycles. The summed E-state index contributed by atoms with van der Waals surface area (Å²) in [6.07, 6.45) is 0. The van der Waals surface area contributed by atoms with Gasteiger partial charge in [-0.25, -0.2) is 0 Å². The SMILES string of the molecule is CC(C)COCCNc1c(Cl)cc(N)cc1Cl. The minimum Gasteiger partial charge on any atom is -0.399 e.